The van der Waals surface area contributed by atoms with Gasteiger partial charge in [-0.25, -0.2) is 4.98 Å². The molecule has 112 valence electrons. The summed E-state index contributed by atoms with van der Waals surface area (Å²) in [5.74, 6) is -0.0334. The van der Waals surface area contributed by atoms with Crippen molar-refractivity contribution >= 4 is 11.6 Å². The van der Waals surface area contributed by atoms with Gasteiger partial charge in [0.25, 0.3) is 5.91 Å². The lowest BCUT2D eigenvalue weighted by atomic mass is 10.1. The molecular formula is C16H21N3O2. The predicted molar refractivity (Wildman–Crippen MR) is 82.3 cm³/mol. The van der Waals surface area contributed by atoms with Crippen LogP contribution in [0.4, 0.5) is 5.69 Å². The summed E-state index contributed by atoms with van der Waals surface area (Å²) in [5.41, 5.74) is 2.47. The molecule has 21 heavy (non-hydrogen) atoms. The van der Waals surface area contributed by atoms with E-state index in [2.05, 4.69) is 29.5 Å². The molecular weight excluding hydrogens is 266 g/mol. The van der Waals surface area contributed by atoms with Crippen molar-refractivity contribution in [1.82, 2.24) is 10.3 Å². The van der Waals surface area contributed by atoms with Gasteiger partial charge in [0.2, 0.25) is 5.76 Å². The number of amides is 1. The summed E-state index contributed by atoms with van der Waals surface area (Å²) in [6.45, 7) is 6.95. The zero-order chi connectivity index (χ0) is 15.2. The monoisotopic (exact) mass is 287 g/mol. The number of oxazole rings is 1. The van der Waals surface area contributed by atoms with E-state index in [1.807, 2.05) is 24.3 Å². The minimum absolute atomic E-state index is 0.244. The van der Waals surface area contributed by atoms with Crippen molar-refractivity contribution in [1.29, 1.82) is 0 Å². The summed E-state index contributed by atoms with van der Waals surface area (Å²) in [7, 11) is 0. The molecule has 2 aromatic rings. The third kappa shape index (κ3) is 3.92. The van der Waals surface area contributed by atoms with Crippen molar-refractivity contribution in [3.63, 3.8) is 0 Å². The molecule has 0 fully saturated rings. The number of nitrogens with one attached hydrogen (secondary N) is 2. The molecule has 2 rings (SSSR count). The number of anilines is 1. The fourth-order valence-electron chi connectivity index (χ4n) is 2.07. The van der Waals surface area contributed by atoms with Crippen molar-refractivity contribution in [2.24, 2.45) is 0 Å². The van der Waals surface area contributed by atoms with E-state index in [9.17, 15) is 4.79 Å². The Kier molecular flexibility index (Phi) is 5.11. The molecule has 5 heteroatoms. The minimum atomic E-state index is -0.281. The molecule has 0 aliphatic carbocycles. The van der Waals surface area contributed by atoms with Gasteiger partial charge >= 0.3 is 0 Å². The van der Waals surface area contributed by atoms with Gasteiger partial charge in [-0.3, -0.25) is 4.79 Å². The van der Waals surface area contributed by atoms with E-state index in [1.165, 1.54) is 6.39 Å². The van der Waals surface area contributed by atoms with Crippen LogP contribution < -0.4 is 10.6 Å². The Labute approximate surface area is 124 Å². The molecule has 0 spiro atoms. The second-order valence-corrected chi connectivity index (χ2v) is 5.02. The zero-order valence-electron chi connectivity index (χ0n) is 12.6. The van der Waals surface area contributed by atoms with Crippen molar-refractivity contribution in [2.45, 2.75) is 33.2 Å². The summed E-state index contributed by atoms with van der Waals surface area (Å²) in [6, 6.07) is 8.05. The van der Waals surface area contributed by atoms with Gasteiger partial charge in [-0.2, -0.15) is 0 Å². The molecule has 1 aromatic carbocycles. The van der Waals surface area contributed by atoms with Gasteiger partial charge in [-0.1, -0.05) is 19.1 Å². The fourth-order valence-corrected chi connectivity index (χ4v) is 2.07. The Balaban J connectivity index is 2.07. The number of carbonyl (C=O) groups is 1. The smallest absolute Gasteiger partial charge is 0.293 e. The summed E-state index contributed by atoms with van der Waals surface area (Å²) in [6.07, 6.45) is 2.36. The molecule has 2 N–H and O–H groups in total. The van der Waals surface area contributed by atoms with Crippen LogP contribution in [0.25, 0.3) is 0 Å². The number of carbonyl (C=O) groups excluding carboxylic acids is 1. The molecule has 5 nitrogen and oxygen atoms in total. The Morgan fingerprint density at radius 3 is 2.90 bits per heavy atom. The number of nitrogens with zero attached hydrogens (tertiary/aromatic N) is 1. The molecule has 1 amide bonds. The van der Waals surface area contributed by atoms with E-state index >= 15 is 0 Å². The number of aromatic nitrogens is 1. The summed E-state index contributed by atoms with van der Waals surface area (Å²) < 4.78 is 5.09. The van der Waals surface area contributed by atoms with E-state index in [1.54, 1.807) is 6.92 Å². The lowest BCUT2D eigenvalue weighted by Crippen LogP contribution is -2.19. The first-order valence-corrected chi connectivity index (χ1v) is 7.16. The van der Waals surface area contributed by atoms with Gasteiger partial charge in [-0.05, 0) is 44.5 Å². The van der Waals surface area contributed by atoms with Crippen LogP contribution in [-0.4, -0.2) is 17.4 Å². The summed E-state index contributed by atoms with van der Waals surface area (Å²) in [4.78, 5) is 16.0. The third-order valence-electron chi connectivity index (χ3n) is 3.30. The van der Waals surface area contributed by atoms with Crippen LogP contribution in [0.15, 0.2) is 35.1 Å². The fraction of sp³-hybridized carbons (Fsp3) is 0.375. The SMILES string of the molecule is CCCNC(C)c1cccc(NC(=O)c2ocnc2C)c1. The minimum Gasteiger partial charge on any atom is -0.438 e. The van der Waals surface area contributed by atoms with E-state index in [0.717, 1.165) is 24.2 Å². The standard InChI is InChI=1S/C16H21N3O2/c1-4-8-17-11(2)13-6-5-7-14(9-13)19-16(20)15-12(3)18-10-21-15/h5-7,9-11,17H,4,8H2,1-3H3,(H,19,20). The highest BCUT2D eigenvalue weighted by molar-refractivity contribution is 6.02. The highest BCUT2D eigenvalue weighted by atomic mass is 16.3. The van der Waals surface area contributed by atoms with Crippen molar-refractivity contribution in [3.05, 3.63) is 47.7 Å². The van der Waals surface area contributed by atoms with Crippen LogP contribution in [0.1, 0.15) is 48.1 Å². The van der Waals surface area contributed by atoms with E-state index in [-0.39, 0.29) is 17.7 Å². The molecule has 0 bridgehead atoms. The maximum atomic E-state index is 12.1. The highest BCUT2D eigenvalue weighted by Gasteiger charge is 2.14. The van der Waals surface area contributed by atoms with E-state index < -0.39 is 0 Å². The Morgan fingerprint density at radius 2 is 2.24 bits per heavy atom. The van der Waals surface area contributed by atoms with Crippen LogP contribution in [0.3, 0.4) is 0 Å². The summed E-state index contributed by atoms with van der Waals surface area (Å²) >= 11 is 0. The van der Waals surface area contributed by atoms with Gasteiger partial charge in [0, 0.05) is 11.7 Å². The first-order valence-electron chi connectivity index (χ1n) is 7.16. The van der Waals surface area contributed by atoms with Crippen LogP contribution in [-0.2, 0) is 0 Å². The molecule has 0 radical (unpaired) electrons. The van der Waals surface area contributed by atoms with Crippen LogP contribution in [0, 0.1) is 6.92 Å². The average Bonchev–Trinajstić information content (AvgIpc) is 2.91. The first-order chi connectivity index (χ1) is 10.1. The van der Waals surface area contributed by atoms with E-state index in [0.29, 0.717) is 5.69 Å². The van der Waals surface area contributed by atoms with E-state index in [4.69, 9.17) is 4.42 Å². The maximum Gasteiger partial charge on any atom is 0.293 e. The molecule has 1 heterocycles. The predicted octanol–water partition coefficient (Wildman–Crippen LogP) is 3.30. The molecule has 1 aromatic heterocycles. The van der Waals surface area contributed by atoms with Crippen LogP contribution >= 0.6 is 0 Å². The Morgan fingerprint density at radius 1 is 1.43 bits per heavy atom. The Bertz CT molecular complexity index is 607. The zero-order valence-corrected chi connectivity index (χ0v) is 12.6. The molecule has 0 saturated carbocycles. The van der Waals surface area contributed by atoms with Gasteiger partial charge in [0.15, 0.2) is 6.39 Å². The molecule has 1 unspecified atom stereocenters. The van der Waals surface area contributed by atoms with Gasteiger partial charge in [0.05, 0.1) is 5.69 Å². The number of hydrogen-bond donors (Lipinski definition) is 2. The second kappa shape index (κ2) is 7.04. The lowest BCUT2D eigenvalue weighted by molar-refractivity contribution is 0.0996. The molecule has 1 atom stereocenters. The Hall–Kier alpha value is -2.14. The third-order valence-corrected chi connectivity index (χ3v) is 3.30. The quantitative estimate of drug-likeness (QED) is 0.855. The number of aryl methyl sites for hydroxylation is 1. The number of hydrogen-bond acceptors (Lipinski definition) is 4. The van der Waals surface area contributed by atoms with Crippen LogP contribution in [0.5, 0.6) is 0 Å². The van der Waals surface area contributed by atoms with Crippen molar-refractivity contribution in [2.75, 3.05) is 11.9 Å². The second-order valence-electron chi connectivity index (χ2n) is 5.02. The van der Waals surface area contributed by atoms with Crippen molar-refractivity contribution < 1.29 is 9.21 Å². The van der Waals surface area contributed by atoms with Gasteiger partial charge in [0.1, 0.15) is 0 Å². The number of rotatable bonds is 6. The molecule has 0 saturated heterocycles. The number of benzene rings is 1. The first kappa shape index (κ1) is 15.3. The normalized spacial score (nSPS) is 12.1. The molecule has 0 aliphatic rings. The highest BCUT2D eigenvalue weighted by Crippen LogP contribution is 2.18. The lowest BCUT2D eigenvalue weighted by Gasteiger charge is -2.14. The average molecular weight is 287 g/mol. The van der Waals surface area contributed by atoms with Gasteiger partial charge in [-0.15, -0.1) is 0 Å². The molecule has 0 aliphatic heterocycles. The largest absolute Gasteiger partial charge is 0.438 e. The topological polar surface area (TPSA) is 67.2 Å². The van der Waals surface area contributed by atoms with Gasteiger partial charge < -0.3 is 15.1 Å². The summed E-state index contributed by atoms with van der Waals surface area (Å²) in [5, 5.41) is 6.26. The maximum absolute atomic E-state index is 12.1. The van der Waals surface area contributed by atoms with Crippen LogP contribution in [0.2, 0.25) is 0 Å². The van der Waals surface area contributed by atoms with Crippen molar-refractivity contribution in [3.8, 4) is 0 Å².